The highest BCUT2D eigenvalue weighted by Crippen LogP contribution is 2.36. The molecule has 232 valence electrons. The van der Waals surface area contributed by atoms with Gasteiger partial charge in [-0.1, -0.05) is 41.9 Å². The molecule has 1 saturated carbocycles. The molecule has 0 radical (unpaired) electrons. The van der Waals surface area contributed by atoms with Crippen LogP contribution in [0.3, 0.4) is 0 Å². The number of halogens is 3. The number of nitrogens with zero attached hydrogens (tertiary/aromatic N) is 5. The van der Waals surface area contributed by atoms with E-state index in [4.69, 9.17) is 16.9 Å². The lowest BCUT2D eigenvalue weighted by Gasteiger charge is -2.33. The SMILES string of the molecule is N#Cc1ccnc(N2CCCC2=O)c1.O=CN(c1cccc2cn[nH]c12)C(C(=O)NC1CCC(F)(F)CC1)c1ccccc1Cl. The van der Waals surface area contributed by atoms with Crippen LogP contribution in [0.25, 0.3) is 10.9 Å². The van der Waals surface area contributed by atoms with Crippen LogP contribution in [0.4, 0.5) is 20.3 Å². The van der Waals surface area contributed by atoms with Crippen LogP contribution in [-0.2, 0) is 14.4 Å². The number of para-hydroxylation sites is 1. The molecule has 0 spiro atoms. The number of aromatic nitrogens is 3. The van der Waals surface area contributed by atoms with Gasteiger partial charge in [0.25, 0.3) is 0 Å². The van der Waals surface area contributed by atoms with E-state index in [1.54, 1.807) is 65.8 Å². The summed E-state index contributed by atoms with van der Waals surface area (Å²) in [6, 6.07) is 15.9. The first kappa shape index (κ1) is 31.5. The van der Waals surface area contributed by atoms with Crippen LogP contribution in [0.2, 0.25) is 5.02 Å². The van der Waals surface area contributed by atoms with Crippen LogP contribution in [0.15, 0.2) is 67.0 Å². The van der Waals surface area contributed by atoms with Crippen molar-refractivity contribution in [3.63, 3.8) is 0 Å². The van der Waals surface area contributed by atoms with Gasteiger partial charge in [0.2, 0.25) is 24.1 Å². The van der Waals surface area contributed by atoms with Crippen molar-refractivity contribution < 1.29 is 23.2 Å². The van der Waals surface area contributed by atoms with Gasteiger partial charge >= 0.3 is 0 Å². The van der Waals surface area contributed by atoms with E-state index in [1.807, 2.05) is 12.1 Å². The first-order valence-electron chi connectivity index (χ1n) is 14.5. The van der Waals surface area contributed by atoms with E-state index in [0.29, 0.717) is 52.5 Å². The van der Waals surface area contributed by atoms with E-state index in [2.05, 4.69) is 20.5 Å². The highest BCUT2D eigenvalue weighted by Gasteiger charge is 2.38. The van der Waals surface area contributed by atoms with Crippen molar-refractivity contribution in [1.29, 1.82) is 5.26 Å². The van der Waals surface area contributed by atoms with E-state index in [0.717, 1.165) is 11.8 Å². The minimum atomic E-state index is -2.70. The number of aromatic amines is 1. The Morgan fingerprint density at radius 2 is 1.98 bits per heavy atom. The number of amides is 3. The molecule has 1 aliphatic carbocycles. The molecule has 1 unspecified atom stereocenters. The largest absolute Gasteiger partial charge is 0.351 e. The minimum absolute atomic E-state index is 0.0904. The summed E-state index contributed by atoms with van der Waals surface area (Å²) in [7, 11) is 0. The number of hydrogen-bond acceptors (Lipinski definition) is 6. The Labute approximate surface area is 263 Å². The fourth-order valence-corrected chi connectivity index (χ4v) is 5.77. The molecule has 2 aromatic heterocycles. The summed E-state index contributed by atoms with van der Waals surface area (Å²) >= 11 is 6.39. The number of anilines is 2. The monoisotopic (exact) mass is 633 g/mol. The number of carbonyl (C=O) groups excluding carboxylic acids is 3. The summed E-state index contributed by atoms with van der Waals surface area (Å²) < 4.78 is 27.0. The Morgan fingerprint density at radius 3 is 2.67 bits per heavy atom. The predicted octanol–water partition coefficient (Wildman–Crippen LogP) is 5.69. The zero-order valence-corrected chi connectivity index (χ0v) is 24.9. The zero-order chi connectivity index (χ0) is 32.0. The molecule has 2 N–H and O–H groups in total. The van der Waals surface area contributed by atoms with Gasteiger partial charge in [-0.05, 0) is 43.5 Å². The molecule has 1 aliphatic heterocycles. The Hall–Kier alpha value is -4.89. The maximum absolute atomic E-state index is 13.5. The van der Waals surface area contributed by atoms with Gasteiger partial charge in [0, 0.05) is 54.0 Å². The van der Waals surface area contributed by atoms with E-state index < -0.39 is 23.9 Å². The minimum Gasteiger partial charge on any atom is -0.351 e. The van der Waals surface area contributed by atoms with Gasteiger partial charge in [0.1, 0.15) is 11.9 Å². The average molecular weight is 634 g/mol. The van der Waals surface area contributed by atoms with Crippen molar-refractivity contribution >= 4 is 52.2 Å². The molecule has 13 heteroatoms. The Morgan fingerprint density at radius 1 is 1.20 bits per heavy atom. The number of carbonyl (C=O) groups is 3. The fraction of sp³-hybridized carbons (Fsp3) is 0.312. The normalized spacial score (nSPS) is 16.8. The summed E-state index contributed by atoms with van der Waals surface area (Å²) in [5.41, 5.74) is 2.03. The van der Waals surface area contributed by atoms with Crippen molar-refractivity contribution in [3.8, 4) is 6.07 Å². The van der Waals surface area contributed by atoms with Crippen molar-refractivity contribution in [2.75, 3.05) is 16.3 Å². The molecule has 0 bridgehead atoms. The number of alkyl halides is 2. The Bertz CT molecular complexity index is 1730. The lowest BCUT2D eigenvalue weighted by atomic mass is 9.91. The summed E-state index contributed by atoms with van der Waals surface area (Å²) in [4.78, 5) is 44.0. The molecular weight excluding hydrogens is 604 g/mol. The molecule has 3 amide bonds. The van der Waals surface area contributed by atoms with E-state index in [-0.39, 0.29) is 31.6 Å². The Balaban J connectivity index is 0.000000238. The van der Waals surface area contributed by atoms with Crippen molar-refractivity contribution in [3.05, 3.63) is 83.1 Å². The van der Waals surface area contributed by atoms with Crippen molar-refractivity contribution in [2.45, 2.75) is 56.5 Å². The maximum Gasteiger partial charge on any atom is 0.248 e. The second-order valence-electron chi connectivity index (χ2n) is 10.9. The zero-order valence-electron chi connectivity index (χ0n) is 24.1. The van der Waals surface area contributed by atoms with E-state index in [9.17, 15) is 23.2 Å². The molecule has 45 heavy (non-hydrogen) atoms. The highest BCUT2D eigenvalue weighted by molar-refractivity contribution is 6.31. The number of fused-ring (bicyclic) bond motifs is 1. The van der Waals surface area contributed by atoms with Gasteiger partial charge in [-0.2, -0.15) is 10.4 Å². The molecule has 4 aromatic rings. The van der Waals surface area contributed by atoms with E-state index in [1.165, 1.54) is 4.90 Å². The van der Waals surface area contributed by atoms with Gasteiger partial charge in [-0.15, -0.1) is 0 Å². The highest BCUT2D eigenvalue weighted by atomic mass is 35.5. The fourth-order valence-electron chi connectivity index (χ4n) is 5.53. The quantitative estimate of drug-likeness (QED) is 0.251. The lowest BCUT2D eigenvalue weighted by Crippen LogP contribution is -2.46. The van der Waals surface area contributed by atoms with Gasteiger partial charge in [-0.25, -0.2) is 13.8 Å². The predicted molar refractivity (Wildman–Crippen MR) is 165 cm³/mol. The van der Waals surface area contributed by atoms with Gasteiger partial charge < -0.3 is 5.32 Å². The third-order valence-corrected chi connectivity index (χ3v) is 8.21. The summed E-state index contributed by atoms with van der Waals surface area (Å²) in [6.45, 7) is 0.709. The number of hydrogen-bond donors (Lipinski definition) is 2. The standard InChI is InChI=1S/C22H21ClF2N4O2.C10H9N3O/c23-17-6-2-1-5-16(17)20(21(31)27-15-8-10-22(24,25)11-9-15)29(13-30)18-7-3-4-14-12-26-28-19(14)18;11-7-8-3-4-12-9(6-8)13-5-1-2-10(13)14/h1-7,12-13,15,20H,8-11H2,(H,26,28)(H,27,31);3-4,6H,1-2,5H2. The van der Waals surface area contributed by atoms with Crippen LogP contribution < -0.4 is 15.1 Å². The second kappa shape index (κ2) is 13.8. The molecule has 10 nitrogen and oxygen atoms in total. The first-order valence-corrected chi connectivity index (χ1v) is 14.8. The number of nitriles is 1. The first-order chi connectivity index (χ1) is 21.7. The molecule has 2 aromatic carbocycles. The smallest absolute Gasteiger partial charge is 0.248 e. The van der Waals surface area contributed by atoms with Crippen molar-refractivity contribution in [2.24, 2.45) is 0 Å². The van der Waals surface area contributed by atoms with E-state index >= 15 is 0 Å². The lowest BCUT2D eigenvalue weighted by molar-refractivity contribution is -0.125. The van der Waals surface area contributed by atoms with Gasteiger partial charge in [-0.3, -0.25) is 29.3 Å². The number of pyridine rings is 1. The number of nitrogens with one attached hydrogen (secondary N) is 2. The number of benzene rings is 2. The molecular formula is C32H30ClF2N7O3. The third-order valence-electron chi connectivity index (χ3n) is 7.86. The summed E-state index contributed by atoms with van der Waals surface area (Å²) in [6.07, 6.45) is 4.98. The maximum atomic E-state index is 13.5. The van der Waals surface area contributed by atoms with Crippen LogP contribution >= 0.6 is 11.6 Å². The molecule has 6 rings (SSSR count). The summed E-state index contributed by atoms with van der Waals surface area (Å²) in [5, 5.41) is 19.5. The number of H-pyrrole nitrogens is 1. The summed E-state index contributed by atoms with van der Waals surface area (Å²) in [5.74, 6) is -2.50. The van der Waals surface area contributed by atoms with Crippen molar-refractivity contribution in [1.82, 2.24) is 20.5 Å². The molecule has 3 heterocycles. The third kappa shape index (κ3) is 7.26. The van der Waals surface area contributed by atoms with Crippen LogP contribution in [0.1, 0.15) is 55.7 Å². The van der Waals surface area contributed by atoms with Crippen LogP contribution in [0.5, 0.6) is 0 Å². The molecule has 2 fully saturated rings. The second-order valence-corrected chi connectivity index (χ2v) is 11.3. The Kier molecular flexibility index (Phi) is 9.68. The average Bonchev–Trinajstić information content (AvgIpc) is 3.71. The topological polar surface area (TPSA) is 135 Å². The van der Waals surface area contributed by atoms with Crippen LogP contribution in [0, 0.1) is 11.3 Å². The van der Waals surface area contributed by atoms with Gasteiger partial charge in [0.15, 0.2) is 0 Å². The molecule has 2 aliphatic rings. The van der Waals surface area contributed by atoms with Gasteiger partial charge in [0.05, 0.1) is 29.0 Å². The molecule has 1 atom stereocenters. The van der Waals surface area contributed by atoms with Crippen LogP contribution in [-0.4, -0.2) is 51.9 Å². The molecule has 1 saturated heterocycles. The number of rotatable bonds is 7.